The summed E-state index contributed by atoms with van der Waals surface area (Å²) in [7, 11) is 1.96. The summed E-state index contributed by atoms with van der Waals surface area (Å²) in [5.74, 6) is 0.895. The molecule has 4 nitrogen and oxygen atoms in total. The lowest BCUT2D eigenvalue weighted by molar-refractivity contribution is 0.264. The molecule has 0 aliphatic rings. The van der Waals surface area contributed by atoms with Gasteiger partial charge >= 0.3 is 0 Å². The van der Waals surface area contributed by atoms with E-state index in [4.69, 9.17) is 10.8 Å². The van der Waals surface area contributed by atoms with E-state index in [0.717, 1.165) is 17.3 Å². The number of aliphatic hydroxyl groups excluding tert-OH is 1. The number of nitrogens with two attached hydrogens (primary N) is 1. The van der Waals surface area contributed by atoms with E-state index in [-0.39, 0.29) is 12.6 Å². The lowest BCUT2D eigenvalue weighted by Gasteiger charge is -2.06. The minimum Gasteiger partial charge on any atom is -0.395 e. The number of rotatable bonds is 5. The van der Waals surface area contributed by atoms with Crippen molar-refractivity contribution in [3.63, 3.8) is 0 Å². The molecule has 3 N–H and O–H groups in total. The Hall–Kier alpha value is -0.520. The Labute approximate surface area is 82.2 Å². The molecular weight excluding hydrogens is 186 g/mol. The minimum absolute atomic E-state index is 0.0567. The highest BCUT2D eigenvalue weighted by Gasteiger charge is 2.03. The predicted molar refractivity (Wildman–Crippen MR) is 53.6 cm³/mol. The molecule has 0 spiro atoms. The molecule has 0 amide bonds. The summed E-state index contributed by atoms with van der Waals surface area (Å²) in [5.41, 5.74) is 5.56. The predicted octanol–water partition coefficient (Wildman–Crippen LogP) is 0.222. The van der Waals surface area contributed by atoms with Crippen molar-refractivity contribution < 1.29 is 5.11 Å². The molecule has 0 aromatic carbocycles. The van der Waals surface area contributed by atoms with Gasteiger partial charge in [-0.1, -0.05) is 11.8 Å². The molecule has 5 heteroatoms. The van der Waals surface area contributed by atoms with Crippen LogP contribution in [0, 0.1) is 0 Å². The van der Waals surface area contributed by atoms with Crippen LogP contribution in [-0.4, -0.2) is 33.1 Å². The fourth-order valence-corrected chi connectivity index (χ4v) is 1.89. The molecule has 0 radical (unpaired) electrons. The first-order chi connectivity index (χ1) is 6.24. The average Bonchev–Trinajstić information content (AvgIpc) is 2.52. The number of imidazole rings is 1. The van der Waals surface area contributed by atoms with E-state index in [2.05, 4.69) is 4.98 Å². The Morgan fingerprint density at radius 2 is 2.54 bits per heavy atom. The van der Waals surface area contributed by atoms with Gasteiger partial charge in [0, 0.05) is 31.2 Å². The van der Waals surface area contributed by atoms with Gasteiger partial charge in [0.2, 0.25) is 0 Å². The largest absolute Gasteiger partial charge is 0.395 e. The van der Waals surface area contributed by atoms with Crippen molar-refractivity contribution in [1.82, 2.24) is 9.55 Å². The van der Waals surface area contributed by atoms with Crippen molar-refractivity contribution in [3.05, 3.63) is 12.4 Å². The van der Waals surface area contributed by atoms with Gasteiger partial charge in [-0.05, 0) is 6.42 Å². The van der Waals surface area contributed by atoms with Crippen molar-refractivity contribution in [3.8, 4) is 0 Å². The van der Waals surface area contributed by atoms with Gasteiger partial charge in [0.25, 0.3) is 0 Å². The zero-order valence-corrected chi connectivity index (χ0v) is 8.50. The van der Waals surface area contributed by atoms with Crippen molar-refractivity contribution in [2.45, 2.75) is 17.6 Å². The third-order valence-corrected chi connectivity index (χ3v) is 2.82. The van der Waals surface area contributed by atoms with Gasteiger partial charge in [-0.2, -0.15) is 0 Å². The molecule has 1 atom stereocenters. The molecule has 0 aliphatic heterocycles. The molecule has 13 heavy (non-hydrogen) atoms. The van der Waals surface area contributed by atoms with Gasteiger partial charge in [0.1, 0.15) is 0 Å². The first-order valence-corrected chi connectivity index (χ1v) is 5.19. The molecule has 1 aromatic heterocycles. The molecule has 74 valence electrons. The number of hydrogen-bond acceptors (Lipinski definition) is 4. The van der Waals surface area contributed by atoms with E-state index in [1.165, 1.54) is 0 Å². The third kappa shape index (κ3) is 3.38. The van der Waals surface area contributed by atoms with Crippen LogP contribution in [0.4, 0.5) is 0 Å². The number of nitrogens with zero attached hydrogens (tertiary/aromatic N) is 2. The molecular formula is C8H15N3OS. The quantitative estimate of drug-likeness (QED) is 0.669. The summed E-state index contributed by atoms with van der Waals surface area (Å²) >= 11 is 1.66. The van der Waals surface area contributed by atoms with Crippen molar-refractivity contribution in [2.24, 2.45) is 12.8 Å². The van der Waals surface area contributed by atoms with E-state index in [0.29, 0.717) is 0 Å². The first kappa shape index (κ1) is 10.6. The Balaban J connectivity index is 2.24. The van der Waals surface area contributed by atoms with Crippen LogP contribution in [0.25, 0.3) is 0 Å². The maximum atomic E-state index is 8.69. The summed E-state index contributed by atoms with van der Waals surface area (Å²) in [4.78, 5) is 4.16. The molecule has 0 fully saturated rings. The van der Waals surface area contributed by atoms with Crippen LogP contribution in [0.3, 0.4) is 0 Å². The second-order valence-corrected chi connectivity index (χ2v) is 3.96. The monoisotopic (exact) mass is 201 g/mol. The second-order valence-electron chi connectivity index (χ2n) is 2.90. The third-order valence-electron chi connectivity index (χ3n) is 1.73. The topological polar surface area (TPSA) is 64.1 Å². The van der Waals surface area contributed by atoms with Gasteiger partial charge in [0.15, 0.2) is 5.16 Å². The molecule has 0 aliphatic carbocycles. The van der Waals surface area contributed by atoms with E-state index in [1.54, 1.807) is 18.0 Å². The number of aromatic nitrogens is 2. The van der Waals surface area contributed by atoms with Gasteiger partial charge in [-0.25, -0.2) is 4.98 Å². The summed E-state index contributed by atoms with van der Waals surface area (Å²) in [5, 5.41) is 9.68. The van der Waals surface area contributed by atoms with Crippen LogP contribution < -0.4 is 5.73 Å². The second kappa shape index (κ2) is 5.26. The molecule has 1 rings (SSSR count). The average molecular weight is 201 g/mol. The Morgan fingerprint density at radius 1 is 1.77 bits per heavy atom. The molecule has 1 heterocycles. The van der Waals surface area contributed by atoms with Gasteiger partial charge in [-0.15, -0.1) is 0 Å². The van der Waals surface area contributed by atoms with E-state index in [1.807, 2.05) is 17.8 Å². The van der Waals surface area contributed by atoms with Crippen molar-refractivity contribution in [2.75, 3.05) is 12.4 Å². The van der Waals surface area contributed by atoms with Crippen LogP contribution in [0.1, 0.15) is 6.42 Å². The van der Waals surface area contributed by atoms with Crippen LogP contribution in [0.2, 0.25) is 0 Å². The summed E-state index contributed by atoms with van der Waals surface area (Å²) in [6.07, 6.45) is 4.50. The van der Waals surface area contributed by atoms with E-state index < -0.39 is 0 Å². The summed E-state index contributed by atoms with van der Waals surface area (Å²) in [6, 6.07) is -0.104. The van der Waals surface area contributed by atoms with E-state index >= 15 is 0 Å². The smallest absolute Gasteiger partial charge is 0.167 e. The number of hydrogen-bond donors (Lipinski definition) is 2. The van der Waals surface area contributed by atoms with Crippen LogP contribution in [-0.2, 0) is 7.05 Å². The highest BCUT2D eigenvalue weighted by molar-refractivity contribution is 7.99. The van der Waals surface area contributed by atoms with Crippen molar-refractivity contribution >= 4 is 11.8 Å². The zero-order chi connectivity index (χ0) is 9.68. The van der Waals surface area contributed by atoms with Gasteiger partial charge in [0.05, 0.1) is 6.61 Å². The lowest BCUT2D eigenvalue weighted by atomic mass is 10.3. The van der Waals surface area contributed by atoms with Gasteiger partial charge < -0.3 is 15.4 Å². The maximum Gasteiger partial charge on any atom is 0.167 e. The number of thioether (sulfide) groups is 1. The van der Waals surface area contributed by atoms with Crippen molar-refractivity contribution in [1.29, 1.82) is 0 Å². The molecule has 0 saturated heterocycles. The summed E-state index contributed by atoms with van der Waals surface area (Å²) < 4.78 is 1.97. The SMILES string of the molecule is Cn1ccnc1SCCC(N)CO. The normalized spacial score (nSPS) is 13.2. The Morgan fingerprint density at radius 3 is 3.08 bits per heavy atom. The first-order valence-electron chi connectivity index (χ1n) is 4.20. The van der Waals surface area contributed by atoms with Gasteiger partial charge in [-0.3, -0.25) is 0 Å². The van der Waals surface area contributed by atoms with Crippen LogP contribution >= 0.6 is 11.8 Å². The molecule has 0 bridgehead atoms. The number of aryl methyl sites for hydroxylation is 1. The molecule has 1 aromatic rings. The van der Waals surface area contributed by atoms with E-state index in [9.17, 15) is 0 Å². The fourth-order valence-electron chi connectivity index (χ4n) is 0.884. The highest BCUT2D eigenvalue weighted by Crippen LogP contribution is 2.15. The summed E-state index contributed by atoms with van der Waals surface area (Å²) in [6.45, 7) is 0.0567. The lowest BCUT2D eigenvalue weighted by Crippen LogP contribution is -2.24. The number of aliphatic hydroxyl groups is 1. The van der Waals surface area contributed by atoms with Crippen LogP contribution in [0.15, 0.2) is 17.6 Å². The Bertz CT molecular complexity index is 251. The minimum atomic E-state index is -0.104. The zero-order valence-electron chi connectivity index (χ0n) is 7.68. The van der Waals surface area contributed by atoms with Crippen LogP contribution in [0.5, 0.6) is 0 Å². The highest BCUT2D eigenvalue weighted by atomic mass is 32.2. The fraction of sp³-hybridized carbons (Fsp3) is 0.625. The molecule has 1 unspecified atom stereocenters. The molecule has 0 saturated carbocycles. The standard InChI is InChI=1S/C8H15N3OS/c1-11-4-3-10-8(11)13-5-2-7(9)6-12/h3-4,7,12H,2,5-6,9H2,1H3. The maximum absolute atomic E-state index is 8.69. The Kier molecular flexibility index (Phi) is 4.27.